The third-order valence-corrected chi connectivity index (χ3v) is 6.13. The molecule has 0 aliphatic heterocycles. The van der Waals surface area contributed by atoms with Gasteiger partial charge >= 0.3 is 0 Å². The summed E-state index contributed by atoms with van der Waals surface area (Å²) in [6, 6.07) is 24.1. The average Bonchev–Trinajstić information content (AvgIpc) is 2.90. The molecule has 0 aliphatic carbocycles. The summed E-state index contributed by atoms with van der Waals surface area (Å²) in [5, 5.41) is 6.71. The van der Waals surface area contributed by atoms with Crippen LogP contribution in [-0.2, 0) is 13.2 Å². The first-order valence-corrected chi connectivity index (χ1v) is 11.9. The summed E-state index contributed by atoms with van der Waals surface area (Å²) in [7, 11) is 4.86. The Morgan fingerprint density at radius 3 is 2.40 bits per heavy atom. The second-order valence-electron chi connectivity index (χ2n) is 7.74. The molecule has 4 aromatic carbocycles. The molecule has 7 heteroatoms. The molecule has 0 saturated carbocycles. The zero-order valence-corrected chi connectivity index (χ0v) is 21.5. The zero-order valence-electron chi connectivity index (χ0n) is 19.9. The van der Waals surface area contributed by atoms with E-state index in [0.717, 1.165) is 21.2 Å². The largest absolute Gasteiger partial charge is 0.493 e. The number of methoxy groups -OCH3 is 3. The summed E-state index contributed by atoms with van der Waals surface area (Å²) in [4.78, 5) is 0. The van der Waals surface area contributed by atoms with E-state index in [-0.39, 0.29) is 0 Å². The Kier molecular flexibility index (Phi) is 8.11. The van der Waals surface area contributed by atoms with Crippen molar-refractivity contribution in [1.29, 1.82) is 0 Å². The molecule has 0 fully saturated rings. The topological polar surface area (TPSA) is 61.3 Å². The molecule has 0 radical (unpaired) electrons. The molecule has 4 rings (SSSR count). The molecular weight excluding hydrogens is 508 g/mol. The Hall–Kier alpha value is -3.71. The van der Waals surface area contributed by atoms with Gasteiger partial charge in [-0.2, -0.15) is 5.10 Å². The Labute approximate surface area is 213 Å². The van der Waals surface area contributed by atoms with E-state index in [9.17, 15) is 0 Å². The maximum atomic E-state index is 6.18. The number of rotatable bonds is 10. The number of nitrogens with zero attached hydrogens (tertiary/aromatic N) is 1. The van der Waals surface area contributed by atoms with Crippen LogP contribution in [-0.4, -0.2) is 27.5 Å². The highest BCUT2D eigenvalue weighted by molar-refractivity contribution is 9.10. The SMILES string of the molecule is COc1ccc(CN/N=C\c2cc(Br)c(OCc3cccc4ccccc34)c(OC)c2)cc1OC. The van der Waals surface area contributed by atoms with Gasteiger partial charge in [-0.15, -0.1) is 0 Å². The number of fused-ring (bicyclic) bond motifs is 1. The lowest BCUT2D eigenvalue weighted by molar-refractivity contribution is 0.283. The molecule has 0 aromatic heterocycles. The van der Waals surface area contributed by atoms with Crippen molar-refractivity contribution in [1.82, 2.24) is 5.43 Å². The highest BCUT2D eigenvalue weighted by Gasteiger charge is 2.12. The third kappa shape index (κ3) is 5.87. The monoisotopic (exact) mass is 534 g/mol. The van der Waals surface area contributed by atoms with Crippen molar-refractivity contribution in [2.75, 3.05) is 21.3 Å². The molecule has 0 heterocycles. The Balaban J connectivity index is 1.43. The maximum absolute atomic E-state index is 6.18. The van der Waals surface area contributed by atoms with Gasteiger partial charge in [0.15, 0.2) is 23.0 Å². The van der Waals surface area contributed by atoms with Gasteiger partial charge in [-0.3, -0.25) is 0 Å². The Bertz CT molecular complexity index is 1330. The lowest BCUT2D eigenvalue weighted by Gasteiger charge is -2.14. The van der Waals surface area contributed by atoms with Crippen LogP contribution in [0.1, 0.15) is 16.7 Å². The second kappa shape index (κ2) is 11.6. The van der Waals surface area contributed by atoms with Crippen LogP contribution in [0.15, 0.2) is 82.4 Å². The van der Waals surface area contributed by atoms with Gasteiger partial charge in [0, 0.05) is 0 Å². The average molecular weight is 535 g/mol. The fraction of sp³-hybridized carbons (Fsp3) is 0.179. The molecule has 0 spiro atoms. The van der Waals surface area contributed by atoms with E-state index in [4.69, 9.17) is 18.9 Å². The summed E-state index contributed by atoms with van der Waals surface area (Å²) in [6.45, 7) is 0.970. The lowest BCUT2D eigenvalue weighted by atomic mass is 10.1. The molecule has 0 saturated heterocycles. The van der Waals surface area contributed by atoms with Crippen LogP contribution in [0.2, 0.25) is 0 Å². The van der Waals surface area contributed by atoms with Crippen LogP contribution >= 0.6 is 15.9 Å². The van der Waals surface area contributed by atoms with Crippen LogP contribution in [0.4, 0.5) is 0 Å². The van der Waals surface area contributed by atoms with E-state index in [1.807, 2.05) is 48.5 Å². The van der Waals surface area contributed by atoms with Crippen LogP contribution in [0.3, 0.4) is 0 Å². The van der Waals surface area contributed by atoms with Crippen molar-refractivity contribution in [3.63, 3.8) is 0 Å². The van der Waals surface area contributed by atoms with Crippen molar-refractivity contribution >= 4 is 32.9 Å². The normalized spacial score (nSPS) is 11.0. The van der Waals surface area contributed by atoms with Gasteiger partial charge in [0.2, 0.25) is 0 Å². The maximum Gasteiger partial charge on any atom is 0.175 e. The first kappa shape index (κ1) is 24.4. The lowest BCUT2D eigenvalue weighted by Crippen LogP contribution is -2.06. The molecule has 4 aromatic rings. The minimum Gasteiger partial charge on any atom is -0.493 e. The fourth-order valence-electron chi connectivity index (χ4n) is 3.77. The highest BCUT2D eigenvalue weighted by Crippen LogP contribution is 2.37. The molecule has 35 heavy (non-hydrogen) atoms. The van der Waals surface area contributed by atoms with E-state index in [1.54, 1.807) is 27.5 Å². The van der Waals surface area contributed by atoms with Crippen molar-refractivity contribution in [2.45, 2.75) is 13.2 Å². The number of halogens is 1. The van der Waals surface area contributed by atoms with Crippen molar-refractivity contribution in [3.05, 3.63) is 94.0 Å². The second-order valence-corrected chi connectivity index (χ2v) is 8.60. The summed E-state index contributed by atoms with van der Waals surface area (Å²) in [6.07, 6.45) is 1.74. The first-order chi connectivity index (χ1) is 17.1. The molecule has 0 aliphatic rings. The first-order valence-electron chi connectivity index (χ1n) is 11.1. The van der Waals surface area contributed by atoms with Gasteiger partial charge in [0.25, 0.3) is 0 Å². The molecular formula is C28H27BrN2O4. The molecule has 180 valence electrons. The number of ether oxygens (including phenoxy) is 4. The predicted molar refractivity (Wildman–Crippen MR) is 143 cm³/mol. The third-order valence-electron chi connectivity index (χ3n) is 5.54. The van der Waals surface area contributed by atoms with Crippen LogP contribution < -0.4 is 24.4 Å². The smallest absolute Gasteiger partial charge is 0.175 e. The van der Waals surface area contributed by atoms with E-state index < -0.39 is 0 Å². The van der Waals surface area contributed by atoms with E-state index in [0.29, 0.717) is 36.1 Å². The molecule has 6 nitrogen and oxygen atoms in total. The zero-order chi connectivity index (χ0) is 24.6. The number of hydrogen-bond donors (Lipinski definition) is 1. The fourth-order valence-corrected chi connectivity index (χ4v) is 4.34. The van der Waals surface area contributed by atoms with E-state index in [1.165, 1.54) is 10.8 Å². The van der Waals surface area contributed by atoms with Crippen molar-refractivity contribution in [3.8, 4) is 23.0 Å². The Morgan fingerprint density at radius 1 is 0.829 bits per heavy atom. The van der Waals surface area contributed by atoms with Gasteiger partial charge in [-0.1, -0.05) is 48.5 Å². The summed E-state index contributed by atoms with van der Waals surface area (Å²) < 4.78 is 23.2. The minimum atomic E-state index is 0.427. The standard InChI is InChI=1S/C28H27BrN2O4/c1-32-25-12-11-19(14-26(25)33-2)16-30-31-17-20-13-24(29)28(27(15-20)34-3)35-18-22-9-6-8-21-7-4-5-10-23(21)22/h4-15,17,30H,16,18H2,1-3H3/b31-17-. The quantitative estimate of drug-likeness (QED) is 0.190. The number of nitrogens with one attached hydrogen (secondary N) is 1. The number of hydrogen-bond acceptors (Lipinski definition) is 6. The summed E-state index contributed by atoms with van der Waals surface area (Å²) in [5.74, 6) is 2.65. The van der Waals surface area contributed by atoms with E-state index in [2.05, 4.69) is 50.7 Å². The van der Waals surface area contributed by atoms with Gasteiger partial charge in [0.1, 0.15) is 6.61 Å². The van der Waals surface area contributed by atoms with Gasteiger partial charge in [-0.05, 0) is 67.7 Å². The van der Waals surface area contributed by atoms with Gasteiger partial charge in [-0.25, -0.2) is 0 Å². The number of benzene rings is 4. The van der Waals surface area contributed by atoms with E-state index >= 15 is 0 Å². The van der Waals surface area contributed by atoms with Gasteiger partial charge < -0.3 is 24.4 Å². The highest BCUT2D eigenvalue weighted by atomic mass is 79.9. The molecule has 0 bridgehead atoms. The minimum absolute atomic E-state index is 0.427. The molecule has 0 amide bonds. The summed E-state index contributed by atoms with van der Waals surface area (Å²) in [5.41, 5.74) is 6.06. The van der Waals surface area contributed by atoms with Gasteiger partial charge in [0.05, 0.1) is 38.6 Å². The molecule has 0 unspecified atom stereocenters. The predicted octanol–water partition coefficient (Wildman–Crippen LogP) is 6.33. The number of hydrazone groups is 1. The molecule has 0 atom stereocenters. The van der Waals surface area contributed by atoms with Crippen molar-refractivity contribution in [2.24, 2.45) is 5.10 Å². The van der Waals surface area contributed by atoms with Crippen LogP contribution in [0.5, 0.6) is 23.0 Å². The Morgan fingerprint density at radius 2 is 1.60 bits per heavy atom. The summed E-state index contributed by atoms with van der Waals surface area (Å²) >= 11 is 3.62. The van der Waals surface area contributed by atoms with Crippen LogP contribution in [0.25, 0.3) is 10.8 Å². The van der Waals surface area contributed by atoms with Crippen molar-refractivity contribution < 1.29 is 18.9 Å². The van der Waals surface area contributed by atoms with Crippen LogP contribution in [0, 0.1) is 0 Å². The molecule has 1 N–H and O–H groups in total.